The average molecular weight is 641 g/mol. The van der Waals surface area contributed by atoms with E-state index in [1.807, 2.05) is 0 Å². The van der Waals surface area contributed by atoms with Gasteiger partial charge in [-0.05, 0) is 0 Å². The number of hydrogen-bond acceptors (Lipinski definition) is 0. The molecule has 2 aromatic rings. The molecule has 2 aromatic carbocycles. The van der Waals surface area contributed by atoms with Gasteiger partial charge >= 0.3 is 209 Å². The standard InChI is InChI=1S/C28H27Si.2ClH.Hf/c1-17-15-21-10-8-12-24(29(4)5)19(3)27(21)25(17)26-18(2)16-22-14-13-20-9-6-7-11-23(20)28(22)26;;;/h6-14,19H,16H2,1-5H3;2*1H;/q;;;+2/p-2. The van der Waals surface area contributed by atoms with Gasteiger partial charge in [0.05, 0.1) is 0 Å². The minimum atomic E-state index is -2.85. The Labute approximate surface area is 207 Å². The van der Waals surface area contributed by atoms with Crippen molar-refractivity contribution >= 4 is 47.1 Å². The van der Waals surface area contributed by atoms with E-state index >= 15 is 0 Å². The third-order valence-corrected chi connectivity index (χ3v) is 15.7. The van der Waals surface area contributed by atoms with Gasteiger partial charge in [-0.2, -0.15) is 0 Å². The molecule has 5 rings (SSSR count). The molecule has 0 radical (unpaired) electrons. The first-order valence-electron chi connectivity index (χ1n) is 11.2. The van der Waals surface area contributed by atoms with Gasteiger partial charge in [-0.15, -0.1) is 0 Å². The van der Waals surface area contributed by atoms with Crippen LogP contribution < -0.4 is 0 Å². The Morgan fingerprint density at radius 3 is 2.47 bits per heavy atom. The van der Waals surface area contributed by atoms with Gasteiger partial charge in [-0.1, -0.05) is 0 Å². The van der Waals surface area contributed by atoms with Crippen molar-refractivity contribution in [3.8, 4) is 0 Å². The Hall–Kier alpha value is -1.06. The SMILES string of the molecule is CC1=C(C2=C3C(=CC=CC(=[Si](C)C)C3C)[C]([Hf]([Cl])[Cl])=C2C)c2c(ccc3ccccc23)C1. The van der Waals surface area contributed by atoms with Crippen LogP contribution in [-0.4, -0.2) is 13.6 Å². The molecule has 4 heteroatoms. The number of allylic oxidation sites excluding steroid dienone is 10. The molecule has 0 saturated carbocycles. The maximum atomic E-state index is 6.81. The van der Waals surface area contributed by atoms with Crippen molar-refractivity contribution in [2.24, 2.45) is 5.92 Å². The van der Waals surface area contributed by atoms with E-state index in [2.05, 4.69) is 88.5 Å². The molecule has 0 nitrogen and oxygen atoms in total. The fourth-order valence-electron chi connectivity index (χ4n) is 5.82. The topological polar surface area (TPSA) is 0 Å². The van der Waals surface area contributed by atoms with E-state index in [1.165, 1.54) is 58.7 Å². The molecule has 0 heterocycles. The van der Waals surface area contributed by atoms with Crippen molar-refractivity contribution in [2.75, 3.05) is 0 Å². The van der Waals surface area contributed by atoms with E-state index in [0.29, 0.717) is 5.92 Å². The molecule has 0 saturated heterocycles. The zero-order valence-electron chi connectivity index (χ0n) is 19.2. The Kier molecular flexibility index (Phi) is 6.12. The van der Waals surface area contributed by atoms with Crippen LogP contribution in [0.3, 0.4) is 0 Å². The van der Waals surface area contributed by atoms with Crippen LogP contribution in [0.1, 0.15) is 31.9 Å². The van der Waals surface area contributed by atoms with Crippen LogP contribution in [-0.2, 0) is 25.5 Å². The summed E-state index contributed by atoms with van der Waals surface area (Å²) in [4.78, 5) is 0. The van der Waals surface area contributed by atoms with Crippen LogP contribution in [0.5, 0.6) is 0 Å². The molecule has 0 aromatic heterocycles. The van der Waals surface area contributed by atoms with Gasteiger partial charge in [-0.25, -0.2) is 0 Å². The van der Waals surface area contributed by atoms with Crippen LogP contribution in [0.25, 0.3) is 16.3 Å². The molecule has 161 valence electrons. The van der Waals surface area contributed by atoms with Crippen molar-refractivity contribution in [3.05, 3.63) is 96.9 Å². The number of halogens is 2. The number of benzene rings is 2. The van der Waals surface area contributed by atoms with Gasteiger partial charge in [-0.3, -0.25) is 0 Å². The summed E-state index contributed by atoms with van der Waals surface area (Å²) in [6.45, 7) is 11.8. The van der Waals surface area contributed by atoms with Gasteiger partial charge in [0.2, 0.25) is 0 Å². The molecule has 1 atom stereocenters. The molecule has 0 fully saturated rings. The summed E-state index contributed by atoms with van der Waals surface area (Å²) in [5.41, 5.74) is 11.3. The summed E-state index contributed by atoms with van der Waals surface area (Å²) in [5.74, 6) is 0.379. The van der Waals surface area contributed by atoms with Gasteiger partial charge < -0.3 is 0 Å². The van der Waals surface area contributed by atoms with E-state index in [1.54, 1.807) is 5.17 Å². The number of hydrogen-bond donors (Lipinski definition) is 0. The molecule has 0 N–H and O–H groups in total. The van der Waals surface area contributed by atoms with Gasteiger partial charge in [0.15, 0.2) is 0 Å². The van der Waals surface area contributed by atoms with E-state index < -0.39 is 27.5 Å². The third kappa shape index (κ3) is 3.45. The van der Waals surface area contributed by atoms with Gasteiger partial charge in [0, 0.05) is 0 Å². The van der Waals surface area contributed by atoms with Crippen molar-refractivity contribution in [1.82, 2.24) is 0 Å². The van der Waals surface area contributed by atoms with Crippen molar-refractivity contribution in [1.29, 1.82) is 0 Å². The van der Waals surface area contributed by atoms with E-state index in [4.69, 9.17) is 17.2 Å². The Balaban J connectivity index is 1.86. The van der Waals surface area contributed by atoms with Gasteiger partial charge in [0.25, 0.3) is 0 Å². The van der Waals surface area contributed by atoms with E-state index in [-0.39, 0.29) is 0 Å². The summed E-state index contributed by atoms with van der Waals surface area (Å²) in [5, 5.41) is 4.24. The fraction of sp³-hybridized carbons (Fsp3) is 0.250. The average Bonchev–Trinajstić information content (AvgIpc) is 3.16. The Morgan fingerprint density at radius 1 is 1.00 bits per heavy atom. The summed E-state index contributed by atoms with van der Waals surface area (Å²) < 4.78 is 1.29. The zero-order chi connectivity index (χ0) is 22.7. The summed E-state index contributed by atoms with van der Waals surface area (Å²) >= 11 is -2.85. The fourth-order valence-corrected chi connectivity index (χ4v) is 14.2. The second-order valence-electron chi connectivity index (χ2n) is 9.32. The van der Waals surface area contributed by atoms with Crippen LogP contribution in [0.4, 0.5) is 0 Å². The first-order valence-corrected chi connectivity index (χ1v) is 24.4. The Bertz CT molecular complexity index is 1360. The quantitative estimate of drug-likeness (QED) is 0.290. The maximum absolute atomic E-state index is 6.81. The van der Waals surface area contributed by atoms with Crippen LogP contribution in [0.2, 0.25) is 13.1 Å². The summed E-state index contributed by atoms with van der Waals surface area (Å²) in [7, 11) is 13.1. The van der Waals surface area contributed by atoms with Gasteiger partial charge in [0.1, 0.15) is 0 Å². The third-order valence-electron chi connectivity index (χ3n) is 7.18. The van der Waals surface area contributed by atoms with E-state index in [0.717, 1.165) is 6.42 Å². The normalized spacial score (nSPS) is 20.2. The first-order chi connectivity index (χ1) is 15.3. The van der Waals surface area contributed by atoms with Crippen LogP contribution in [0, 0.1) is 5.92 Å². The second kappa shape index (κ2) is 8.62. The molecule has 3 aliphatic carbocycles. The monoisotopic (exact) mass is 641 g/mol. The molecule has 3 aliphatic rings. The molecular formula is C28H27Cl2HfSi. The summed E-state index contributed by atoms with van der Waals surface area (Å²) in [6, 6.07) is 13.4. The number of rotatable bonds is 2. The molecule has 0 spiro atoms. The molecule has 1 unspecified atom stereocenters. The van der Waals surface area contributed by atoms with Crippen LogP contribution in [0.15, 0.2) is 85.8 Å². The van der Waals surface area contributed by atoms with Crippen molar-refractivity contribution in [3.63, 3.8) is 0 Å². The zero-order valence-corrected chi connectivity index (χ0v) is 25.3. The number of fused-ring (bicyclic) bond motifs is 4. The first kappa shape index (κ1) is 22.7. The molecule has 0 bridgehead atoms. The molecule has 0 amide bonds. The second-order valence-corrected chi connectivity index (χ2v) is 23.3. The molecule has 0 aliphatic heterocycles. The summed E-state index contributed by atoms with van der Waals surface area (Å²) in [6.07, 6.45) is 7.90. The van der Waals surface area contributed by atoms with Crippen molar-refractivity contribution < 1.29 is 19.1 Å². The molecular weight excluding hydrogens is 614 g/mol. The van der Waals surface area contributed by atoms with Crippen molar-refractivity contribution in [2.45, 2.75) is 40.3 Å². The Morgan fingerprint density at radius 2 is 1.75 bits per heavy atom. The predicted octanol–water partition coefficient (Wildman–Crippen LogP) is 8.32. The predicted molar refractivity (Wildman–Crippen MR) is 141 cm³/mol. The minimum absolute atomic E-state index is 0.379. The molecule has 32 heavy (non-hydrogen) atoms. The van der Waals surface area contributed by atoms with Crippen LogP contribution >= 0.6 is 17.2 Å². The van der Waals surface area contributed by atoms with E-state index in [9.17, 15) is 0 Å².